The highest BCUT2D eigenvalue weighted by atomic mass is 32.1. The van der Waals surface area contributed by atoms with E-state index in [1.54, 1.807) is 18.3 Å². The molecule has 4 aromatic rings. The van der Waals surface area contributed by atoms with E-state index in [1.807, 2.05) is 48.7 Å². The van der Waals surface area contributed by atoms with E-state index in [4.69, 9.17) is 12.2 Å². The fourth-order valence-corrected chi connectivity index (χ4v) is 4.94. The maximum Gasteiger partial charge on any atom is 0.269 e. The molecular formula is C27H26N6O2S. The lowest BCUT2D eigenvalue weighted by Crippen LogP contribution is -2.32. The van der Waals surface area contributed by atoms with Gasteiger partial charge < -0.3 is 20.1 Å². The number of nitrogens with zero attached hydrogens (tertiary/aromatic N) is 4. The Morgan fingerprint density at radius 1 is 1.00 bits per heavy atom. The van der Waals surface area contributed by atoms with Crippen molar-refractivity contribution in [3.8, 4) is 5.69 Å². The monoisotopic (exact) mass is 498 g/mol. The largest absolute Gasteiger partial charge is 0.385 e. The molecule has 182 valence electrons. The Morgan fingerprint density at radius 3 is 2.50 bits per heavy atom. The number of nitro benzene ring substituents is 1. The van der Waals surface area contributed by atoms with Crippen LogP contribution in [0.4, 0.5) is 11.4 Å². The van der Waals surface area contributed by atoms with Crippen LogP contribution in [0.3, 0.4) is 0 Å². The molecule has 36 heavy (non-hydrogen) atoms. The van der Waals surface area contributed by atoms with Crippen molar-refractivity contribution < 1.29 is 4.92 Å². The molecule has 1 aliphatic heterocycles. The quantitative estimate of drug-likeness (QED) is 0.141. The number of thiocarbonyl (C=S) groups is 1. The van der Waals surface area contributed by atoms with Gasteiger partial charge in [0.2, 0.25) is 0 Å². The summed E-state index contributed by atoms with van der Waals surface area (Å²) in [5.74, 6) is 0. The minimum Gasteiger partial charge on any atom is -0.385 e. The van der Waals surface area contributed by atoms with Crippen LogP contribution in [0.1, 0.15) is 29.9 Å². The minimum absolute atomic E-state index is 0.0649. The average molecular weight is 499 g/mol. The zero-order chi connectivity index (χ0) is 24.9. The molecule has 0 unspecified atom stereocenters. The van der Waals surface area contributed by atoms with Crippen molar-refractivity contribution in [1.82, 2.24) is 19.8 Å². The summed E-state index contributed by atoms with van der Waals surface area (Å²) in [5.41, 5.74) is 3.95. The number of nitro groups is 1. The van der Waals surface area contributed by atoms with Crippen molar-refractivity contribution in [2.45, 2.75) is 18.5 Å². The number of aromatic nitrogens is 2. The lowest BCUT2D eigenvalue weighted by molar-refractivity contribution is -0.384. The van der Waals surface area contributed by atoms with Gasteiger partial charge in [0.1, 0.15) is 0 Å². The first-order valence-corrected chi connectivity index (χ1v) is 12.2. The Balaban J connectivity index is 1.42. The van der Waals surface area contributed by atoms with Gasteiger partial charge in [0.15, 0.2) is 5.11 Å². The third kappa shape index (κ3) is 4.92. The standard InChI is InChI=1S/C27H26N6O2S/c34-33(35)22-14-12-21(13-15-22)31-18-6-11-24(31)26-25(23-10-4-5-16-29-23)30-27(36)32(26)19-7-17-28-20-8-2-1-3-9-20/h1-6,8-16,18,25-26,28H,7,17,19H2,(H,30,36)/t25-,26-/m1/s1. The molecule has 5 rings (SSSR count). The molecule has 2 N–H and O–H groups in total. The summed E-state index contributed by atoms with van der Waals surface area (Å²) >= 11 is 5.80. The number of pyridine rings is 1. The normalized spacial score (nSPS) is 17.1. The van der Waals surface area contributed by atoms with E-state index in [0.717, 1.165) is 42.3 Å². The second-order valence-electron chi connectivity index (χ2n) is 8.54. The third-order valence-electron chi connectivity index (χ3n) is 6.30. The first-order valence-electron chi connectivity index (χ1n) is 11.8. The maximum absolute atomic E-state index is 11.1. The molecule has 0 radical (unpaired) electrons. The van der Waals surface area contributed by atoms with E-state index >= 15 is 0 Å². The summed E-state index contributed by atoms with van der Waals surface area (Å²) in [7, 11) is 0. The van der Waals surface area contributed by atoms with Crippen molar-refractivity contribution in [1.29, 1.82) is 0 Å². The van der Waals surface area contributed by atoms with Crippen LogP contribution in [0.5, 0.6) is 0 Å². The minimum atomic E-state index is -0.387. The molecule has 0 amide bonds. The number of nitrogens with one attached hydrogen (secondary N) is 2. The first kappa shape index (κ1) is 23.5. The van der Waals surface area contributed by atoms with Crippen molar-refractivity contribution >= 4 is 28.7 Å². The van der Waals surface area contributed by atoms with Crippen LogP contribution < -0.4 is 10.6 Å². The SMILES string of the molecule is O=[N+]([O-])c1ccc(-n2cccc2[C@@H]2[C@@H](c3ccccn3)NC(=S)N2CCCNc2ccccc2)cc1. The Kier molecular flexibility index (Phi) is 6.90. The fourth-order valence-electron chi connectivity index (χ4n) is 4.61. The van der Waals surface area contributed by atoms with Crippen molar-refractivity contribution in [2.24, 2.45) is 0 Å². The highest BCUT2D eigenvalue weighted by molar-refractivity contribution is 7.80. The topological polar surface area (TPSA) is 88.3 Å². The Morgan fingerprint density at radius 2 is 1.78 bits per heavy atom. The van der Waals surface area contributed by atoms with E-state index in [-0.39, 0.29) is 22.7 Å². The second kappa shape index (κ2) is 10.6. The van der Waals surface area contributed by atoms with Gasteiger partial charge in [0, 0.05) is 54.7 Å². The van der Waals surface area contributed by atoms with Gasteiger partial charge in [-0.25, -0.2) is 0 Å². The van der Waals surface area contributed by atoms with E-state index in [2.05, 4.69) is 43.3 Å². The fraction of sp³-hybridized carbons (Fsp3) is 0.185. The van der Waals surface area contributed by atoms with Gasteiger partial charge in [-0.15, -0.1) is 0 Å². The van der Waals surface area contributed by atoms with Crippen molar-refractivity contribution in [3.05, 3.63) is 119 Å². The molecule has 2 atom stereocenters. The number of rotatable bonds is 9. The molecule has 0 saturated carbocycles. The smallest absolute Gasteiger partial charge is 0.269 e. The van der Waals surface area contributed by atoms with E-state index in [9.17, 15) is 10.1 Å². The van der Waals surface area contributed by atoms with Crippen LogP contribution in [-0.2, 0) is 0 Å². The highest BCUT2D eigenvalue weighted by Gasteiger charge is 2.40. The lowest BCUT2D eigenvalue weighted by atomic mass is 10.0. The summed E-state index contributed by atoms with van der Waals surface area (Å²) < 4.78 is 2.06. The first-order chi connectivity index (χ1) is 17.6. The van der Waals surface area contributed by atoms with Gasteiger partial charge in [-0.05, 0) is 67.2 Å². The van der Waals surface area contributed by atoms with Crippen LogP contribution in [0, 0.1) is 10.1 Å². The summed E-state index contributed by atoms with van der Waals surface area (Å²) in [6, 6.07) is 26.5. The molecule has 0 aliphatic carbocycles. The predicted octanol–water partition coefficient (Wildman–Crippen LogP) is 5.26. The van der Waals surface area contributed by atoms with Gasteiger partial charge in [0.25, 0.3) is 5.69 Å². The predicted molar refractivity (Wildman–Crippen MR) is 144 cm³/mol. The molecule has 2 aromatic heterocycles. The molecule has 0 spiro atoms. The molecule has 1 saturated heterocycles. The molecule has 0 bridgehead atoms. The van der Waals surface area contributed by atoms with Gasteiger partial charge in [0.05, 0.1) is 22.7 Å². The van der Waals surface area contributed by atoms with Crippen LogP contribution in [0.15, 0.2) is 97.3 Å². The number of anilines is 1. The molecular weight excluding hydrogens is 472 g/mol. The van der Waals surface area contributed by atoms with Gasteiger partial charge >= 0.3 is 0 Å². The average Bonchev–Trinajstić information content (AvgIpc) is 3.52. The Hall–Kier alpha value is -4.24. The third-order valence-corrected chi connectivity index (χ3v) is 6.65. The van der Waals surface area contributed by atoms with E-state index in [0.29, 0.717) is 5.11 Å². The van der Waals surface area contributed by atoms with E-state index in [1.165, 1.54) is 12.1 Å². The maximum atomic E-state index is 11.1. The lowest BCUT2D eigenvalue weighted by Gasteiger charge is -2.29. The second-order valence-corrected chi connectivity index (χ2v) is 8.93. The summed E-state index contributed by atoms with van der Waals surface area (Å²) in [4.78, 5) is 17.6. The van der Waals surface area contributed by atoms with Gasteiger partial charge in [-0.2, -0.15) is 0 Å². The Bertz CT molecular complexity index is 1330. The summed E-state index contributed by atoms with van der Waals surface area (Å²) in [5, 5.41) is 18.8. The molecule has 2 aromatic carbocycles. The van der Waals surface area contributed by atoms with Crippen LogP contribution in [0.2, 0.25) is 0 Å². The molecule has 8 nitrogen and oxygen atoms in total. The van der Waals surface area contributed by atoms with Gasteiger partial charge in [-0.1, -0.05) is 24.3 Å². The molecule has 1 aliphatic rings. The summed E-state index contributed by atoms with van der Waals surface area (Å²) in [6.45, 7) is 1.57. The number of para-hydroxylation sites is 1. The molecule has 1 fully saturated rings. The number of hydrogen-bond acceptors (Lipinski definition) is 5. The van der Waals surface area contributed by atoms with Crippen LogP contribution in [0.25, 0.3) is 5.69 Å². The highest BCUT2D eigenvalue weighted by Crippen LogP contribution is 2.39. The van der Waals surface area contributed by atoms with Gasteiger partial charge in [-0.3, -0.25) is 15.1 Å². The zero-order valence-corrected chi connectivity index (χ0v) is 20.3. The molecule has 3 heterocycles. The Labute approximate surface area is 214 Å². The van der Waals surface area contributed by atoms with Crippen molar-refractivity contribution in [2.75, 3.05) is 18.4 Å². The molecule has 9 heteroatoms. The van der Waals surface area contributed by atoms with Crippen LogP contribution in [-0.4, -0.2) is 37.6 Å². The van der Waals surface area contributed by atoms with Crippen LogP contribution >= 0.6 is 12.2 Å². The number of hydrogen-bond donors (Lipinski definition) is 2. The zero-order valence-electron chi connectivity index (χ0n) is 19.5. The number of non-ortho nitro benzene ring substituents is 1. The van der Waals surface area contributed by atoms with Crippen molar-refractivity contribution in [3.63, 3.8) is 0 Å². The van der Waals surface area contributed by atoms with E-state index < -0.39 is 0 Å². The summed E-state index contributed by atoms with van der Waals surface area (Å²) in [6.07, 6.45) is 4.65. The number of benzene rings is 2.